The normalized spacial score (nSPS) is 19.0. The van der Waals surface area contributed by atoms with Crippen molar-refractivity contribution < 1.29 is 21.6 Å². The molecule has 1 unspecified atom stereocenters. The number of hydrogen-bond acceptors (Lipinski definition) is 5. The van der Waals surface area contributed by atoms with Gasteiger partial charge in [-0.15, -0.1) is 0 Å². The Bertz CT molecular complexity index is 925. The predicted molar refractivity (Wildman–Crippen MR) is 108 cm³/mol. The fourth-order valence-corrected chi connectivity index (χ4v) is 5.97. The highest BCUT2D eigenvalue weighted by molar-refractivity contribution is 7.89. The SMILES string of the molecule is CCN(CC)S(=O)(=O)c1cc(C(=O)NC2CCCN(S(C)(=O)=O)C2)ccc1C. The fourth-order valence-electron chi connectivity index (χ4n) is 3.35. The second-order valence-corrected chi connectivity index (χ2v) is 10.9. The standard InChI is InChI=1S/C18H29N3O5S2/c1-5-20(6-2)28(25,26)17-12-15(10-9-14(17)3)18(22)19-16-8-7-11-21(13-16)27(4,23)24/h9-10,12,16H,5-8,11,13H2,1-4H3,(H,19,22). The van der Waals surface area contributed by atoms with Crippen molar-refractivity contribution in [2.75, 3.05) is 32.4 Å². The third-order valence-electron chi connectivity index (χ3n) is 4.96. The minimum atomic E-state index is -3.68. The highest BCUT2D eigenvalue weighted by Gasteiger charge is 2.28. The maximum atomic E-state index is 12.9. The number of nitrogens with one attached hydrogen (secondary N) is 1. The van der Waals surface area contributed by atoms with E-state index < -0.39 is 26.0 Å². The largest absolute Gasteiger partial charge is 0.348 e. The number of carbonyl (C=O) groups excluding carboxylic acids is 1. The molecule has 1 N–H and O–H groups in total. The molecule has 2 rings (SSSR count). The van der Waals surface area contributed by atoms with Crippen molar-refractivity contribution in [2.45, 2.75) is 44.6 Å². The second kappa shape index (κ2) is 8.89. The summed E-state index contributed by atoms with van der Waals surface area (Å²) >= 11 is 0. The number of carbonyl (C=O) groups is 1. The zero-order chi connectivity index (χ0) is 21.1. The summed E-state index contributed by atoms with van der Waals surface area (Å²) in [6.07, 6.45) is 2.49. The Morgan fingerprint density at radius 1 is 1.21 bits per heavy atom. The number of nitrogens with zero attached hydrogens (tertiary/aromatic N) is 2. The molecule has 0 radical (unpaired) electrons. The molecule has 1 aliphatic rings. The number of hydrogen-bond donors (Lipinski definition) is 1. The van der Waals surface area contributed by atoms with Crippen LogP contribution in [0.1, 0.15) is 42.6 Å². The van der Waals surface area contributed by atoms with Gasteiger partial charge in [0.15, 0.2) is 0 Å². The molecule has 1 fully saturated rings. The van der Waals surface area contributed by atoms with E-state index in [1.165, 1.54) is 14.7 Å². The summed E-state index contributed by atoms with van der Waals surface area (Å²) in [5.74, 6) is -0.406. The van der Waals surface area contributed by atoms with Crippen molar-refractivity contribution in [1.82, 2.24) is 13.9 Å². The van der Waals surface area contributed by atoms with Crippen LogP contribution in [0.2, 0.25) is 0 Å². The lowest BCUT2D eigenvalue weighted by atomic mass is 10.1. The van der Waals surface area contributed by atoms with Gasteiger partial charge in [0, 0.05) is 37.8 Å². The zero-order valence-electron chi connectivity index (χ0n) is 16.8. The molecular formula is C18H29N3O5S2. The van der Waals surface area contributed by atoms with E-state index in [4.69, 9.17) is 0 Å². The van der Waals surface area contributed by atoms with Crippen LogP contribution in [0.25, 0.3) is 0 Å². The summed E-state index contributed by atoms with van der Waals surface area (Å²) in [4.78, 5) is 12.8. The number of aryl methyl sites for hydroxylation is 1. The van der Waals surface area contributed by atoms with Crippen molar-refractivity contribution in [2.24, 2.45) is 0 Å². The molecule has 10 heteroatoms. The monoisotopic (exact) mass is 431 g/mol. The first-order valence-corrected chi connectivity index (χ1v) is 12.7. The Balaban J connectivity index is 2.23. The molecule has 0 aromatic heterocycles. The van der Waals surface area contributed by atoms with Crippen LogP contribution in [0.4, 0.5) is 0 Å². The molecule has 1 heterocycles. The van der Waals surface area contributed by atoms with Gasteiger partial charge in [0.05, 0.1) is 11.2 Å². The summed E-state index contributed by atoms with van der Waals surface area (Å²) in [5, 5.41) is 2.84. The molecule has 0 saturated carbocycles. The Labute approximate surface area is 168 Å². The van der Waals surface area contributed by atoms with Crippen LogP contribution in [0.3, 0.4) is 0 Å². The minimum absolute atomic E-state index is 0.116. The number of piperidine rings is 1. The van der Waals surface area contributed by atoms with E-state index in [1.807, 2.05) is 0 Å². The van der Waals surface area contributed by atoms with Crippen LogP contribution in [0, 0.1) is 6.92 Å². The van der Waals surface area contributed by atoms with Crippen molar-refractivity contribution in [3.05, 3.63) is 29.3 Å². The Hall–Kier alpha value is -1.49. The third kappa shape index (κ3) is 5.11. The Morgan fingerprint density at radius 3 is 2.43 bits per heavy atom. The molecule has 1 amide bonds. The van der Waals surface area contributed by atoms with E-state index >= 15 is 0 Å². The van der Waals surface area contributed by atoms with E-state index in [0.717, 1.165) is 6.26 Å². The first-order chi connectivity index (χ1) is 13.0. The van der Waals surface area contributed by atoms with Gasteiger partial charge in [-0.1, -0.05) is 19.9 Å². The maximum Gasteiger partial charge on any atom is 0.251 e. The molecule has 8 nitrogen and oxygen atoms in total. The maximum absolute atomic E-state index is 12.9. The lowest BCUT2D eigenvalue weighted by molar-refractivity contribution is 0.0921. The zero-order valence-corrected chi connectivity index (χ0v) is 18.4. The van der Waals surface area contributed by atoms with Crippen molar-refractivity contribution >= 4 is 26.0 Å². The molecule has 1 saturated heterocycles. The average molecular weight is 432 g/mol. The first-order valence-electron chi connectivity index (χ1n) is 9.37. The molecule has 1 aromatic rings. The van der Waals surface area contributed by atoms with Crippen LogP contribution in [0.5, 0.6) is 0 Å². The molecule has 1 aliphatic heterocycles. The molecule has 158 valence electrons. The Kier molecular flexibility index (Phi) is 7.24. The molecular weight excluding hydrogens is 402 g/mol. The van der Waals surface area contributed by atoms with Gasteiger partial charge in [-0.25, -0.2) is 21.1 Å². The van der Waals surface area contributed by atoms with Gasteiger partial charge in [0.2, 0.25) is 20.0 Å². The Morgan fingerprint density at radius 2 is 1.86 bits per heavy atom. The van der Waals surface area contributed by atoms with E-state index in [1.54, 1.807) is 32.9 Å². The van der Waals surface area contributed by atoms with Crippen LogP contribution in [-0.4, -0.2) is 69.8 Å². The summed E-state index contributed by atoms with van der Waals surface area (Å²) in [5.41, 5.74) is 0.817. The third-order valence-corrected chi connectivity index (χ3v) is 8.42. The smallest absolute Gasteiger partial charge is 0.251 e. The van der Waals surface area contributed by atoms with Gasteiger partial charge in [-0.05, 0) is 37.5 Å². The second-order valence-electron chi connectivity index (χ2n) is 7.00. The van der Waals surface area contributed by atoms with Crippen molar-refractivity contribution in [1.29, 1.82) is 0 Å². The number of benzene rings is 1. The molecule has 28 heavy (non-hydrogen) atoms. The van der Waals surface area contributed by atoms with Gasteiger partial charge in [0.1, 0.15) is 0 Å². The minimum Gasteiger partial charge on any atom is -0.348 e. The van der Waals surface area contributed by atoms with E-state index in [-0.39, 0.29) is 23.0 Å². The average Bonchev–Trinajstić information content (AvgIpc) is 2.62. The van der Waals surface area contributed by atoms with Crippen molar-refractivity contribution in [3.63, 3.8) is 0 Å². The molecule has 0 bridgehead atoms. The highest BCUT2D eigenvalue weighted by atomic mass is 32.2. The van der Waals surface area contributed by atoms with Gasteiger partial charge < -0.3 is 5.32 Å². The van der Waals surface area contributed by atoms with E-state index in [2.05, 4.69) is 5.32 Å². The van der Waals surface area contributed by atoms with Crippen LogP contribution < -0.4 is 5.32 Å². The summed E-state index contributed by atoms with van der Waals surface area (Å²) in [6, 6.07) is 4.30. The summed E-state index contributed by atoms with van der Waals surface area (Å²) in [6.45, 7) is 6.59. The van der Waals surface area contributed by atoms with Crippen LogP contribution >= 0.6 is 0 Å². The molecule has 1 aromatic carbocycles. The number of sulfonamides is 2. The number of amides is 1. The quantitative estimate of drug-likeness (QED) is 0.698. The van der Waals surface area contributed by atoms with Gasteiger partial charge >= 0.3 is 0 Å². The number of rotatable bonds is 7. The lowest BCUT2D eigenvalue weighted by Gasteiger charge is -2.31. The molecule has 1 atom stereocenters. The summed E-state index contributed by atoms with van der Waals surface area (Å²) in [7, 11) is -6.99. The van der Waals surface area contributed by atoms with Crippen LogP contribution in [-0.2, 0) is 20.0 Å². The first kappa shape index (κ1) is 22.8. The molecule has 0 spiro atoms. The van der Waals surface area contributed by atoms with E-state index in [9.17, 15) is 21.6 Å². The van der Waals surface area contributed by atoms with Crippen molar-refractivity contribution in [3.8, 4) is 0 Å². The topological polar surface area (TPSA) is 104 Å². The van der Waals surface area contributed by atoms with Crippen LogP contribution in [0.15, 0.2) is 23.1 Å². The lowest BCUT2D eigenvalue weighted by Crippen LogP contribution is -2.49. The molecule has 0 aliphatic carbocycles. The fraction of sp³-hybridized carbons (Fsp3) is 0.611. The van der Waals surface area contributed by atoms with Gasteiger partial charge in [-0.3, -0.25) is 4.79 Å². The van der Waals surface area contributed by atoms with E-state index in [0.29, 0.717) is 38.0 Å². The summed E-state index contributed by atoms with van der Waals surface area (Å²) < 4.78 is 51.9. The van der Waals surface area contributed by atoms with Gasteiger partial charge in [-0.2, -0.15) is 4.31 Å². The predicted octanol–water partition coefficient (Wildman–Crippen LogP) is 1.18. The van der Waals surface area contributed by atoms with Gasteiger partial charge in [0.25, 0.3) is 5.91 Å². The highest BCUT2D eigenvalue weighted by Crippen LogP contribution is 2.22.